The molecule has 1 unspecified atom stereocenters. The van der Waals surface area contributed by atoms with Crippen LogP contribution in [0.4, 0.5) is 4.39 Å². The number of halogens is 1. The standard InChI is InChI=1S/C14H19FN2O2/c1-10(9-12-5-3-4-6-13(12)15)17-14(19)7-8-16-11(2)18/h3-6,10H,7-9H2,1-2H3,(H,16,18)(H,17,19). The Kier molecular flexibility index (Phi) is 5.99. The molecule has 0 aromatic heterocycles. The van der Waals surface area contributed by atoms with Gasteiger partial charge in [-0.15, -0.1) is 0 Å². The SMILES string of the molecule is CC(=O)NCCC(=O)NC(C)Cc1ccccc1F. The van der Waals surface area contributed by atoms with E-state index < -0.39 is 0 Å². The summed E-state index contributed by atoms with van der Waals surface area (Å²) in [6.07, 6.45) is 0.666. The number of carbonyl (C=O) groups is 2. The molecule has 0 aliphatic rings. The Morgan fingerprint density at radius 2 is 2.00 bits per heavy atom. The maximum atomic E-state index is 13.4. The minimum atomic E-state index is -0.262. The molecular weight excluding hydrogens is 247 g/mol. The second-order valence-electron chi connectivity index (χ2n) is 4.50. The zero-order chi connectivity index (χ0) is 14.3. The van der Waals surface area contributed by atoms with Crippen LogP contribution in [0.15, 0.2) is 24.3 Å². The Morgan fingerprint density at radius 3 is 2.63 bits per heavy atom. The van der Waals surface area contributed by atoms with Crippen LogP contribution in [-0.2, 0) is 16.0 Å². The fourth-order valence-corrected chi connectivity index (χ4v) is 1.74. The van der Waals surface area contributed by atoms with Crippen LogP contribution in [0.5, 0.6) is 0 Å². The fourth-order valence-electron chi connectivity index (χ4n) is 1.74. The van der Waals surface area contributed by atoms with Crippen molar-refractivity contribution >= 4 is 11.8 Å². The quantitative estimate of drug-likeness (QED) is 0.817. The van der Waals surface area contributed by atoms with Gasteiger partial charge in [-0.25, -0.2) is 4.39 Å². The summed E-state index contributed by atoms with van der Waals surface area (Å²) in [7, 11) is 0. The third-order valence-corrected chi connectivity index (χ3v) is 2.62. The number of nitrogens with one attached hydrogen (secondary N) is 2. The Balaban J connectivity index is 2.34. The van der Waals surface area contributed by atoms with Crippen LogP contribution in [0, 0.1) is 5.82 Å². The van der Waals surface area contributed by atoms with Gasteiger partial charge in [-0.1, -0.05) is 18.2 Å². The van der Waals surface area contributed by atoms with E-state index in [0.717, 1.165) is 0 Å². The van der Waals surface area contributed by atoms with Crippen molar-refractivity contribution in [3.63, 3.8) is 0 Å². The van der Waals surface area contributed by atoms with E-state index in [0.29, 0.717) is 18.5 Å². The van der Waals surface area contributed by atoms with Crippen LogP contribution in [0.1, 0.15) is 25.8 Å². The second-order valence-corrected chi connectivity index (χ2v) is 4.50. The highest BCUT2D eigenvalue weighted by molar-refractivity contribution is 5.78. The molecule has 4 nitrogen and oxygen atoms in total. The molecule has 19 heavy (non-hydrogen) atoms. The van der Waals surface area contributed by atoms with E-state index in [1.165, 1.54) is 13.0 Å². The summed E-state index contributed by atoms with van der Waals surface area (Å²) >= 11 is 0. The van der Waals surface area contributed by atoms with Gasteiger partial charge in [-0.05, 0) is 25.0 Å². The topological polar surface area (TPSA) is 58.2 Å². The first-order valence-corrected chi connectivity index (χ1v) is 6.26. The van der Waals surface area contributed by atoms with Crippen LogP contribution in [0.25, 0.3) is 0 Å². The largest absolute Gasteiger partial charge is 0.356 e. The van der Waals surface area contributed by atoms with Crippen molar-refractivity contribution in [2.45, 2.75) is 32.7 Å². The molecule has 1 aromatic carbocycles. The monoisotopic (exact) mass is 266 g/mol. The van der Waals surface area contributed by atoms with Crippen molar-refractivity contribution in [2.24, 2.45) is 0 Å². The van der Waals surface area contributed by atoms with E-state index in [2.05, 4.69) is 10.6 Å². The third kappa shape index (κ3) is 5.99. The lowest BCUT2D eigenvalue weighted by Gasteiger charge is -2.14. The number of hydrogen-bond donors (Lipinski definition) is 2. The lowest BCUT2D eigenvalue weighted by atomic mass is 10.1. The van der Waals surface area contributed by atoms with Gasteiger partial charge in [0.15, 0.2) is 0 Å². The van der Waals surface area contributed by atoms with Crippen molar-refractivity contribution in [2.75, 3.05) is 6.54 Å². The van der Waals surface area contributed by atoms with Gasteiger partial charge in [-0.3, -0.25) is 9.59 Å². The first kappa shape index (κ1) is 15.1. The molecule has 0 fully saturated rings. The molecule has 0 spiro atoms. The van der Waals surface area contributed by atoms with E-state index in [-0.39, 0.29) is 30.1 Å². The van der Waals surface area contributed by atoms with E-state index in [9.17, 15) is 14.0 Å². The molecule has 0 heterocycles. The predicted octanol–water partition coefficient (Wildman–Crippen LogP) is 1.40. The van der Waals surface area contributed by atoms with Crippen molar-refractivity contribution in [3.8, 4) is 0 Å². The van der Waals surface area contributed by atoms with Crippen molar-refractivity contribution < 1.29 is 14.0 Å². The molecule has 0 saturated heterocycles. The summed E-state index contributed by atoms with van der Waals surface area (Å²) in [5.74, 6) is -0.577. The molecule has 5 heteroatoms. The number of carbonyl (C=O) groups excluding carboxylic acids is 2. The molecule has 1 atom stereocenters. The zero-order valence-corrected chi connectivity index (χ0v) is 11.2. The minimum absolute atomic E-state index is 0.151. The summed E-state index contributed by atoms with van der Waals surface area (Å²) in [4.78, 5) is 22.2. The molecule has 0 aliphatic heterocycles. The first-order chi connectivity index (χ1) is 8.99. The van der Waals surface area contributed by atoms with Crippen molar-refractivity contribution in [1.82, 2.24) is 10.6 Å². The van der Waals surface area contributed by atoms with E-state index in [4.69, 9.17) is 0 Å². The summed E-state index contributed by atoms with van der Waals surface area (Å²) in [6, 6.07) is 6.36. The lowest BCUT2D eigenvalue weighted by molar-refractivity contribution is -0.122. The molecule has 104 valence electrons. The Hall–Kier alpha value is -1.91. The molecule has 2 amide bonds. The molecular formula is C14H19FN2O2. The zero-order valence-electron chi connectivity index (χ0n) is 11.2. The summed E-state index contributed by atoms with van der Waals surface area (Å²) < 4.78 is 13.4. The lowest BCUT2D eigenvalue weighted by Crippen LogP contribution is -2.36. The smallest absolute Gasteiger partial charge is 0.221 e. The fraction of sp³-hybridized carbons (Fsp3) is 0.429. The van der Waals surface area contributed by atoms with E-state index in [1.807, 2.05) is 6.92 Å². The second kappa shape index (κ2) is 7.51. The number of rotatable bonds is 6. The summed E-state index contributed by atoms with van der Waals surface area (Å²) in [5, 5.41) is 5.32. The molecule has 0 radical (unpaired) electrons. The highest BCUT2D eigenvalue weighted by Gasteiger charge is 2.10. The van der Waals surface area contributed by atoms with Gasteiger partial charge in [0.05, 0.1) is 0 Å². The van der Waals surface area contributed by atoms with Crippen LogP contribution in [-0.4, -0.2) is 24.4 Å². The summed E-state index contributed by atoms with van der Waals surface area (Å²) in [6.45, 7) is 3.54. The molecule has 1 aromatic rings. The molecule has 0 aliphatic carbocycles. The average molecular weight is 266 g/mol. The van der Waals surface area contributed by atoms with Crippen LogP contribution >= 0.6 is 0 Å². The van der Waals surface area contributed by atoms with Crippen LogP contribution in [0.3, 0.4) is 0 Å². The molecule has 2 N–H and O–H groups in total. The first-order valence-electron chi connectivity index (χ1n) is 6.26. The van der Waals surface area contributed by atoms with Gasteiger partial charge in [0.1, 0.15) is 5.82 Å². The predicted molar refractivity (Wildman–Crippen MR) is 71.0 cm³/mol. The van der Waals surface area contributed by atoms with Gasteiger partial charge in [0.2, 0.25) is 11.8 Å². The number of benzene rings is 1. The van der Waals surface area contributed by atoms with E-state index >= 15 is 0 Å². The van der Waals surface area contributed by atoms with Gasteiger partial charge >= 0.3 is 0 Å². The number of amides is 2. The average Bonchev–Trinajstić information content (AvgIpc) is 2.31. The normalized spacial score (nSPS) is 11.7. The Bertz CT molecular complexity index is 449. The van der Waals surface area contributed by atoms with Crippen molar-refractivity contribution in [1.29, 1.82) is 0 Å². The molecule has 0 saturated carbocycles. The van der Waals surface area contributed by atoms with Gasteiger partial charge in [-0.2, -0.15) is 0 Å². The molecule has 0 bridgehead atoms. The van der Waals surface area contributed by atoms with Gasteiger partial charge in [0.25, 0.3) is 0 Å². The number of hydrogen-bond acceptors (Lipinski definition) is 2. The highest BCUT2D eigenvalue weighted by Crippen LogP contribution is 2.08. The maximum absolute atomic E-state index is 13.4. The van der Waals surface area contributed by atoms with E-state index in [1.54, 1.807) is 18.2 Å². The Morgan fingerprint density at radius 1 is 1.32 bits per heavy atom. The highest BCUT2D eigenvalue weighted by atomic mass is 19.1. The van der Waals surface area contributed by atoms with Crippen LogP contribution in [0.2, 0.25) is 0 Å². The third-order valence-electron chi connectivity index (χ3n) is 2.62. The minimum Gasteiger partial charge on any atom is -0.356 e. The van der Waals surface area contributed by atoms with Crippen molar-refractivity contribution in [3.05, 3.63) is 35.6 Å². The molecule has 1 rings (SSSR count). The summed E-state index contributed by atoms with van der Waals surface area (Å²) in [5.41, 5.74) is 0.581. The maximum Gasteiger partial charge on any atom is 0.221 e. The van der Waals surface area contributed by atoms with Gasteiger partial charge < -0.3 is 10.6 Å². The van der Waals surface area contributed by atoms with Gasteiger partial charge in [0, 0.05) is 25.9 Å². The Labute approximate surface area is 112 Å². The van der Waals surface area contributed by atoms with Crippen LogP contribution < -0.4 is 10.6 Å².